The van der Waals surface area contributed by atoms with Crippen molar-refractivity contribution in [2.24, 2.45) is 0 Å². The van der Waals surface area contributed by atoms with E-state index >= 15 is 0 Å². The maximum absolute atomic E-state index is 13.6. The topological polar surface area (TPSA) is 54.0 Å². The normalized spacial score (nSPS) is 15.5. The van der Waals surface area contributed by atoms with E-state index in [9.17, 15) is 9.18 Å². The summed E-state index contributed by atoms with van der Waals surface area (Å²) in [5.41, 5.74) is 1.35. The lowest BCUT2D eigenvalue weighted by Gasteiger charge is -2.17. The highest BCUT2D eigenvalue weighted by atomic mass is 19.1. The van der Waals surface area contributed by atoms with Gasteiger partial charge in [0.05, 0.1) is 17.6 Å². The molecule has 5 heteroatoms. The van der Waals surface area contributed by atoms with Gasteiger partial charge >= 0.3 is 0 Å². The molecule has 126 valence electrons. The maximum atomic E-state index is 13.6. The molecule has 1 aromatic heterocycles. The summed E-state index contributed by atoms with van der Waals surface area (Å²) < 4.78 is 13.6. The number of para-hydroxylation sites is 1. The molecule has 4 nitrogen and oxygen atoms in total. The van der Waals surface area contributed by atoms with Crippen molar-refractivity contribution in [1.29, 1.82) is 0 Å². The van der Waals surface area contributed by atoms with Gasteiger partial charge in [-0.25, -0.2) is 9.37 Å². The zero-order valence-corrected chi connectivity index (χ0v) is 13.6. The Kier molecular flexibility index (Phi) is 5.41. The predicted octanol–water partition coefficient (Wildman–Crippen LogP) is 4.61. The van der Waals surface area contributed by atoms with E-state index in [0.717, 1.165) is 5.69 Å². The molecule has 0 radical (unpaired) electrons. The van der Waals surface area contributed by atoms with Crippen LogP contribution in [0.1, 0.15) is 49.0 Å². The van der Waals surface area contributed by atoms with Crippen molar-refractivity contribution in [3.8, 4) is 0 Å². The number of rotatable bonds is 4. The third-order valence-electron chi connectivity index (χ3n) is 4.34. The average molecular weight is 327 g/mol. The van der Waals surface area contributed by atoms with Crippen LogP contribution in [0, 0.1) is 5.82 Å². The maximum Gasteiger partial charge on any atom is 0.274 e. The lowest BCUT2D eigenvalue weighted by Crippen LogP contribution is -2.19. The van der Waals surface area contributed by atoms with E-state index in [1.807, 2.05) is 6.07 Å². The van der Waals surface area contributed by atoms with Crippen molar-refractivity contribution in [1.82, 2.24) is 4.98 Å². The minimum Gasteiger partial charge on any atom is -0.381 e. The van der Waals surface area contributed by atoms with E-state index in [1.165, 1.54) is 50.7 Å². The summed E-state index contributed by atoms with van der Waals surface area (Å²) in [5.74, 6) is -0.876. The number of halogens is 1. The van der Waals surface area contributed by atoms with Crippen LogP contribution in [0.3, 0.4) is 0 Å². The van der Waals surface area contributed by atoms with E-state index < -0.39 is 11.7 Å². The molecule has 2 N–H and O–H groups in total. The smallest absolute Gasteiger partial charge is 0.274 e. The fraction of sp³-hybridized carbons (Fsp3) is 0.368. The third-order valence-corrected chi connectivity index (χ3v) is 4.34. The Balaban J connectivity index is 1.61. The molecular formula is C19H22FN3O. The van der Waals surface area contributed by atoms with Gasteiger partial charge in [-0.3, -0.25) is 4.79 Å². The zero-order valence-electron chi connectivity index (χ0n) is 13.6. The molecule has 1 heterocycles. The Morgan fingerprint density at radius 1 is 1.04 bits per heavy atom. The summed E-state index contributed by atoms with van der Waals surface area (Å²) in [7, 11) is 0. The number of benzene rings is 1. The molecule has 1 fully saturated rings. The van der Waals surface area contributed by atoms with Gasteiger partial charge in [-0.1, -0.05) is 37.8 Å². The second kappa shape index (κ2) is 7.90. The average Bonchev–Trinajstić information content (AvgIpc) is 2.86. The molecule has 3 rings (SSSR count). The molecule has 0 atom stereocenters. The zero-order chi connectivity index (χ0) is 16.8. The van der Waals surface area contributed by atoms with E-state index in [0.29, 0.717) is 6.04 Å². The van der Waals surface area contributed by atoms with Crippen LogP contribution in [0.15, 0.2) is 42.6 Å². The van der Waals surface area contributed by atoms with Crippen molar-refractivity contribution in [2.45, 2.75) is 44.6 Å². The van der Waals surface area contributed by atoms with Crippen molar-refractivity contribution in [3.05, 3.63) is 54.1 Å². The van der Waals surface area contributed by atoms with Gasteiger partial charge in [-0.15, -0.1) is 0 Å². The first-order valence-electron chi connectivity index (χ1n) is 8.51. The summed E-state index contributed by atoms with van der Waals surface area (Å²) in [4.78, 5) is 16.3. The molecule has 1 amide bonds. The van der Waals surface area contributed by atoms with Crippen molar-refractivity contribution < 1.29 is 9.18 Å². The minimum absolute atomic E-state index is 0.157. The number of nitrogens with one attached hydrogen (secondary N) is 2. The molecule has 24 heavy (non-hydrogen) atoms. The fourth-order valence-electron chi connectivity index (χ4n) is 3.02. The quantitative estimate of drug-likeness (QED) is 0.806. The van der Waals surface area contributed by atoms with Crippen LogP contribution in [-0.4, -0.2) is 16.9 Å². The molecule has 2 aromatic rings. The van der Waals surface area contributed by atoms with Crippen LogP contribution in [0.4, 0.5) is 15.8 Å². The van der Waals surface area contributed by atoms with Gasteiger partial charge in [0.2, 0.25) is 0 Å². The van der Waals surface area contributed by atoms with Gasteiger partial charge < -0.3 is 10.6 Å². The predicted molar refractivity (Wildman–Crippen MR) is 93.7 cm³/mol. The number of carbonyl (C=O) groups excluding carboxylic acids is 1. The van der Waals surface area contributed by atoms with Crippen LogP contribution in [0.2, 0.25) is 0 Å². The molecule has 1 aliphatic carbocycles. The van der Waals surface area contributed by atoms with Gasteiger partial charge in [0, 0.05) is 6.04 Å². The summed E-state index contributed by atoms with van der Waals surface area (Å²) in [6.07, 6.45) is 9.16. The summed E-state index contributed by atoms with van der Waals surface area (Å²) in [6, 6.07) is 10.1. The summed E-state index contributed by atoms with van der Waals surface area (Å²) in [6.45, 7) is 0. The molecule has 0 unspecified atom stereocenters. The Labute approximate surface area is 141 Å². The first-order chi connectivity index (χ1) is 11.7. The first-order valence-corrected chi connectivity index (χ1v) is 8.51. The Bertz CT molecular complexity index is 679. The Hall–Kier alpha value is -2.43. The standard InChI is InChI=1S/C19H22FN3O/c20-16-9-5-6-10-17(16)23-19(24)18-12-11-15(13-21-18)22-14-7-3-1-2-4-8-14/h5-6,9-14,22H,1-4,7-8H2,(H,23,24). The summed E-state index contributed by atoms with van der Waals surface area (Å²) >= 11 is 0. The van der Waals surface area contributed by atoms with E-state index in [-0.39, 0.29) is 11.4 Å². The number of anilines is 2. The van der Waals surface area contributed by atoms with Crippen LogP contribution in [0.25, 0.3) is 0 Å². The third kappa shape index (κ3) is 4.31. The summed E-state index contributed by atoms with van der Waals surface area (Å²) in [5, 5.41) is 6.03. The monoisotopic (exact) mass is 327 g/mol. The molecular weight excluding hydrogens is 305 g/mol. The fourth-order valence-corrected chi connectivity index (χ4v) is 3.02. The number of pyridine rings is 1. The molecule has 1 saturated carbocycles. The van der Waals surface area contributed by atoms with Gasteiger partial charge in [0.15, 0.2) is 0 Å². The van der Waals surface area contributed by atoms with E-state index in [2.05, 4.69) is 15.6 Å². The minimum atomic E-state index is -0.461. The van der Waals surface area contributed by atoms with Gasteiger partial charge in [0.25, 0.3) is 5.91 Å². The second-order valence-corrected chi connectivity index (χ2v) is 6.20. The Morgan fingerprint density at radius 3 is 2.46 bits per heavy atom. The van der Waals surface area contributed by atoms with Gasteiger partial charge in [-0.2, -0.15) is 0 Å². The van der Waals surface area contributed by atoms with Crippen molar-refractivity contribution in [3.63, 3.8) is 0 Å². The number of hydrogen-bond acceptors (Lipinski definition) is 3. The number of nitrogens with zero attached hydrogens (tertiary/aromatic N) is 1. The molecule has 0 aliphatic heterocycles. The number of aromatic nitrogens is 1. The van der Waals surface area contributed by atoms with Crippen LogP contribution in [0.5, 0.6) is 0 Å². The van der Waals surface area contributed by atoms with Crippen LogP contribution in [-0.2, 0) is 0 Å². The highest BCUT2D eigenvalue weighted by Gasteiger charge is 2.13. The van der Waals surface area contributed by atoms with Crippen LogP contribution < -0.4 is 10.6 Å². The van der Waals surface area contributed by atoms with Gasteiger partial charge in [0.1, 0.15) is 11.5 Å². The van der Waals surface area contributed by atoms with E-state index in [1.54, 1.807) is 24.4 Å². The number of hydrogen-bond donors (Lipinski definition) is 2. The largest absolute Gasteiger partial charge is 0.381 e. The number of amides is 1. The molecule has 0 spiro atoms. The van der Waals surface area contributed by atoms with Crippen molar-refractivity contribution in [2.75, 3.05) is 10.6 Å². The lowest BCUT2D eigenvalue weighted by molar-refractivity contribution is 0.102. The van der Waals surface area contributed by atoms with Gasteiger partial charge in [-0.05, 0) is 37.1 Å². The highest BCUT2D eigenvalue weighted by Crippen LogP contribution is 2.21. The van der Waals surface area contributed by atoms with E-state index in [4.69, 9.17) is 0 Å². The number of carbonyl (C=O) groups is 1. The molecule has 1 aromatic carbocycles. The second-order valence-electron chi connectivity index (χ2n) is 6.20. The molecule has 1 aliphatic rings. The lowest BCUT2D eigenvalue weighted by atomic mass is 10.1. The SMILES string of the molecule is O=C(Nc1ccccc1F)c1ccc(NC2CCCCCC2)cn1. The molecule has 0 bridgehead atoms. The molecule has 0 saturated heterocycles. The Morgan fingerprint density at radius 2 is 1.79 bits per heavy atom. The first kappa shape index (κ1) is 16.4. The van der Waals surface area contributed by atoms with Crippen LogP contribution >= 0.6 is 0 Å². The van der Waals surface area contributed by atoms with Crippen molar-refractivity contribution >= 4 is 17.3 Å². The highest BCUT2D eigenvalue weighted by molar-refractivity contribution is 6.03.